The van der Waals surface area contributed by atoms with Gasteiger partial charge in [-0.1, -0.05) is 12.1 Å². The number of carbonyl (C=O) groups excluding carboxylic acids is 2. The number of amides is 2. The number of carbonyl (C=O) groups is 2. The number of halogens is 1. The molecular formula is C15H19BrN2O2. The van der Waals surface area contributed by atoms with Crippen LogP contribution < -0.4 is 5.32 Å². The molecule has 0 saturated carbocycles. The van der Waals surface area contributed by atoms with Gasteiger partial charge in [0.25, 0.3) is 5.91 Å². The topological polar surface area (TPSA) is 49.4 Å². The standard InChI is InChI=1S/C15H19BrN2O2/c1-15(2,3)18-9-10(8-13(18)19)17-14(20)11-6-4-5-7-12(11)16/h4-7,10H,8-9H2,1-3H3,(H,17,20). The van der Waals surface area contributed by atoms with Crippen LogP contribution in [-0.4, -0.2) is 34.8 Å². The summed E-state index contributed by atoms with van der Waals surface area (Å²) in [6.07, 6.45) is 0.369. The van der Waals surface area contributed by atoms with Gasteiger partial charge < -0.3 is 10.2 Å². The van der Waals surface area contributed by atoms with Gasteiger partial charge in [-0.25, -0.2) is 0 Å². The molecule has 0 radical (unpaired) electrons. The van der Waals surface area contributed by atoms with Crippen LogP contribution in [0.4, 0.5) is 0 Å². The lowest BCUT2D eigenvalue weighted by Crippen LogP contribution is -2.44. The van der Waals surface area contributed by atoms with E-state index < -0.39 is 0 Å². The summed E-state index contributed by atoms with van der Waals surface area (Å²) in [4.78, 5) is 26.0. The minimum absolute atomic E-state index is 0.0925. The van der Waals surface area contributed by atoms with E-state index in [1.54, 1.807) is 6.07 Å². The molecule has 1 atom stereocenters. The summed E-state index contributed by atoms with van der Waals surface area (Å²) >= 11 is 3.36. The van der Waals surface area contributed by atoms with Gasteiger partial charge in [-0.15, -0.1) is 0 Å². The summed E-state index contributed by atoms with van der Waals surface area (Å²) < 4.78 is 0.759. The molecule has 2 rings (SSSR count). The van der Waals surface area contributed by atoms with Gasteiger partial charge in [-0.05, 0) is 48.8 Å². The zero-order valence-corrected chi connectivity index (χ0v) is 13.5. The van der Waals surface area contributed by atoms with Crippen LogP contribution in [0.25, 0.3) is 0 Å². The summed E-state index contributed by atoms with van der Waals surface area (Å²) in [7, 11) is 0. The zero-order chi connectivity index (χ0) is 14.9. The molecule has 2 amide bonds. The van der Waals surface area contributed by atoms with Crippen molar-refractivity contribution >= 4 is 27.7 Å². The van der Waals surface area contributed by atoms with Crippen molar-refractivity contribution in [2.75, 3.05) is 6.54 Å². The molecule has 5 heteroatoms. The van der Waals surface area contributed by atoms with Crippen molar-refractivity contribution in [3.05, 3.63) is 34.3 Å². The van der Waals surface area contributed by atoms with Gasteiger partial charge in [-0.3, -0.25) is 9.59 Å². The Balaban J connectivity index is 2.04. The molecule has 1 N–H and O–H groups in total. The van der Waals surface area contributed by atoms with Gasteiger partial charge in [-0.2, -0.15) is 0 Å². The number of hydrogen-bond acceptors (Lipinski definition) is 2. The van der Waals surface area contributed by atoms with E-state index in [0.717, 1.165) is 4.47 Å². The first-order valence-electron chi connectivity index (χ1n) is 6.65. The highest BCUT2D eigenvalue weighted by Crippen LogP contribution is 2.22. The van der Waals surface area contributed by atoms with Crippen molar-refractivity contribution in [3.8, 4) is 0 Å². The second-order valence-electron chi connectivity index (χ2n) is 6.03. The second-order valence-corrected chi connectivity index (χ2v) is 6.88. The van der Waals surface area contributed by atoms with Crippen LogP contribution in [0.5, 0.6) is 0 Å². The number of likely N-dealkylation sites (tertiary alicyclic amines) is 1. The van der Waals surface area contributed by atoms with Crippen LogP contribution in [0.2, 0.25) is 0 Å². The lowest BCUT2D eigenvalue weighted by Gasteiger charge is -2.32. The SMILES string of the molecule is CC(C)(C)N1CC(NC(=O)c2ccccc2Br)CC1=O. The summed E-state index contributed by atoms with van der Waals surface area (Å²) in [6, 6.07) is 7.15. The molecule has 1 aromatic carbocycles. The summed E-state index contributed by atoms with van der Waals surface area (Å²) in [5.41, 5.74) is 0.387. The Kier molecular flexibility index (Phi) is 4.18. The van der Waals surface area contributed by atoms with Crippen molar-refractivity contribution in [1.29, 1.82) is 0 Å². The first-order valence-corrected chi connectivity index (χ1v) is 7.44. The summed E-state index contributed by atoms with van der Waals surface area (Å²) in [6.45, 7) is 6.58. The van der Waals surface area contributed by atoms with Gasteiger partial charge in [0.1, 0.15) is 0 Å². The Morgan fingerprint density at radius 3 is 2.55 bits per heavy atom. The highest BCUT2D eigenvalue weighted by atomic mass is 79.9. The van der Waals surface area contributed by atoms with E-state index in [4.69, 9.17) is 0 Å². The van der Waals surface area contributed by atoms with Crippen LogP contribution in [-0.2, 0) is 4.79 Å². The van der Waals surface area contributed by atoms with E-state index in [0.29, 0.717) is 18.5 Å². The van der Waals surface area contributed by atoms with Crippen molar-refractivity contribution in [2.45, 2.75) is 38.8 Å². The Morgan fingerprint density at radius 2 is 2.00 bits per heavy atom. The van der Waals surface area contributed by atoms with Gasteiger partial charge in [0, 0.05) is 23.0 Å². The molecule has 1 aromatic rings. The largest absolute Gasteiger partial charge is 0.347 e. The van der Waals surface area contributed by atoms with Crippen molar-refractivity contribution < 1.29 is 9.59 Å². The van der Waals surface area contributed by atoms with E-state index >= 15 is 0 Å². The number of rotatable bonds is 2. The normalized spacial score (nSPS) is 19.3. The lowest BCUT2D eigenvalue weighted by atomic mass is 10.1. The van der Waals surface area contributed by atoms with E-state index in [2.05, 4.69) is 21.2 Å². The van der Waals surface area contributed by atoms with Gasteiger partial charge in [0.2, 0.25) is 5.91 Å². The molecule has 0 spiro atoms. The van der Waals surface area contributed by atoms with Crippen molar-refractivity contribution in [2.24, 2.45) is 0 Å². The Morgan fingerprint density at radius 1 is 1.35 bits per heavy atom. The van der Waals surface area contributed by atoms with Crippen molar-refractivity contribution in [1.82, 2.24) is 10.2 Å². The van der Waals surface area contributed by atoms with Crippen LogP contribution >= 0.6 is 15.9 Å². The zero-order valence-electron chi connectivity index (χ0n) is 11.9. The Labute approximate surface area is 127 Å². The third-order valence-electron chi connectivity index (χ3n) is 3.39. The fraction of sp³-hybridized carbons (Fsp3) is 0.467. The fourth-order valence-corrected chi connectivity index (χ4v) is 2.83. The van der Waals surface area contributed by atoms with E-state index in [-0.39, 0.29) is 23.4 Å². The number of nitrogens with zero attached hydrogens (tertiary/aromatic N) is 1. The molecule has 0 aromatic heterocycles. The quantitative estimate of drug-likeness (QED) is 0.900. The van der Waals surface area contributed by atoms with Crippen LogP contribution in [0.1, 0.15) is 37.6 Å². The maximum atomic E-state index is 12.2. The molecule has 0 bridgehead atoms. The molecule has 20 heavy (non-hydrogen) atoms. The van der Waals surface area contributed by atoms with E-state index in [1.165, 1.54) is 0 Å². The second kappa shape index (κ2) is 5.56. The lowest BCUT2D eigenvalue weighted by molar-refractivity contribution is -0.131. The fourth-order valence-electron chi connectivity index (χ4n) is 2.36. The Bertz CT molecular complexity index is 537. The molecular weight excluding hydrogens is 320 g/mol. The smallest absolute Gasteiger partial charge is 0.252 e. The van der Waals surface area contributed by atoms with Crippen LogP contribution in [0.3, 0.4) is 0 Å². The first-order chi connectivity index (χ1) is 9.29. The minimum Gasteiger partial charge on any atom is -0.347 e. The average Bonchev–Trinajstić information content (AvgIpc) is 2.70. The molecule has 108 valence electrons. The highest BCUT2D eigenvalue weighted by Gasteiger charge is 2.36. The molecule has 1 aliphatic rings. The van der Waals surface area contributed by atoms with E-state index in [9.17, 15) is 9.59 Å². The number of hydrogen-bond donors (Lipinski definition) is 1. The third kappa shape index (κ3) is 3.20. The van der Waals surface area contributed by atoms with Crippen molar-refractivity contribution in [3.63, 3.8) is 0 Å². The molecule has 1 aliphatic heterocycles. The molecule has 4 nitrogen and oxygen atoms in total. The van der Waals surface area contributed by atoms with Gasteiger partial charge in [0.05, 0.1) is 11.6 Å². The maximum Gasteiger partial charge on any atom is 0.252 e. The van der Waals surface area contributed by atoms with E-state index in [1.807, 2.05) is 43.9 Å². The maximum absolute atomic E-state index is 12.2. The molecule has 0 aliphatic carbocycles. The summed E-state index contributed by atoms with van der Waals surface area (Å²) in [5.74, 6) is -0.0547. The first kappa shape index (κ1) is 15.0. The third-order valence-corrected chi connectivity index (χ3v) is 4.08. The van der Waals surface area contributed by atoms with Crippen LogP contribution in [0, 0.1) is 0 Å². The van der Waals surface area contributed by atoms with Gasteiger partial charge in [0.15, 0.2) is 0 Å². The minimum atomic E-state index is -0.204. The Hall–Kier alpha value is -1.36. The molecule has 1 heterocycles. The summed E-state index contributed by atoms with van der Waals surface area (Å²) in [5, 5.41) is 2.94. The van der Waals surface area contributed by atoms with Crippen LogP contribution in [0.15, 0.2) is 28.7 Å². The monoisotopic (exact) mass is 338 g/mol. The number of benzene rings is 1. The predicted molar refractivity (Wildman–Crippen MR) is 81.5 cm³/mol. The molecule has 1 unspecified atom stereocenters. The highest BCUT2D eigenvalue weighted by molar-refractivity contribution is 9.10. The average molecular weight is 339 g/mol. The number of nitrogens with one attached hydrogen (secondary N) is 1. The predicted octanol–water partition coefficient (Wildman–Crippen LogP) is 2.58. The van der Waals surface area contributed by atoms with Gasteiger partial charge >= 0.3 is 0 Å². The molecule has 1 saturated heterocycles. The molecule has 1 fully saturated rings.